The van der Waals surface area contributed by atoms with Gasteiger partial charge in [-0.3, -0.25) is 9.69 Å². The maximum atomic E-state index is 12.7. The molecule has 2 fully saturated rings. The largest absolute Gasteiger partial charge is 0.369 e. The van der Waals surface area contributed by atoms with Crippen molar-refractivity contribution >= 4 is 28.9 Å². The summed E-state index contributed by atoms with van der Waals surface area (Å²) < 4.78 is 0. The van der Waals surface area contributed by atoms with Crippen molar-refractivity contribution in [3.8, 4) is 0 Å². The van der Waals surface area contributed by atoms with Crippen LogP contribution in [-0.4, -0.2) is 74.6 Å². The molecule has 0 spiro atoms. The van der Waals surface area contributed by atoms with E-state index in [0.29, 0.717) is 6.54 Å². The van der Waals surface area contributed by atoms with E-state index in [9.17, 15) is 4.79 Å². The standard InChI is InChI=1S/C22H27ClN4O/c23-19-5-4-8-21(17-19)26-13-15-27(16-14-26)22(28)18-24-9-11-25(12-10-24)20-6-2-1-3-7-20/h1-8,17H,9-16,18H2. The Morgan fingerprint density at radius 3 is 2.04 bits per heavy atom. The molecule has 2 saturated heterocycles. The van der Waals surface area contributed by atoms with Gasteiger partial charge >= 0.3 is 0 Å². The van der Waals surface area contributed by atoms with Crippen LogP contribution in [0.2, 0.25) is 5.02 Å². The molecule has 2 heterocycles. The zero-order valence-corrected chi connectivity index (χ0v) is 16.9. The van der Waals surface area contributed by atoms with Gasteiger partial charge < -0.3 is 14.7 Å². The summed E-state index contributed by atoms with van der Waals surface area (Å²) >= 11 is 6.10. The number of para-hydroxylation sites is 1. The van der Waals surface area contributed by atoms with Crippen molar-refractivity contribution in [2.45, 2.75) is 0 Å². The molecule has 1 amide bonds. The molecule has 2 aromatic carbocycles. The van der Waals surface area contributed by atoms with Gasteiger partial charge in [-0.2, -0.15) is 0 Å². The van der Waals surface area contributed by atoms with Gasteiger partial charge in [-0.15, -0.1) is 0 Å². The third-order valence-electron chi connectivity index (χ3n) is 5.66. The lowest BCUT2D eigenvalue weighted by atomic mass is 10.2. The molecule has 148 valence electrons. The number of carbonyl (C=O) groups is 1. The zero-order valence-electron chi connectivity index (χ0n) is 16.1. The number of hydrogen-bond donors (Lipinski definition) is 0. The highest BCUT2D eigenvalue weighted by Crippen LogP contribution is 2.21. The number of benzene rings is 2. The van der Waals surface area contributed by atoms with Gasteiger partial charge in [-0.1, -0.05) is 35.9 Å². The molecule has 0 bridgehead atoms. The van der Waals surface area contributed by atoms with E-state index < -0.39 is 0 Å². The van der Waals surface area contributed by atoms with Crippen molar-refractivity contribution in [1.82, 2.24) is 9.80 Å². The lowest BCUT2D eigenvalue weighted by molar-refractivity contribution is -0.132. The zero-order chi connectivity index (χ0) is 19.3. The molecule has 0 saturated carbocycles. The van der Waals surface area contributed by atoms with Gasteiger partial charge in [-0.05, 0) is 30.3 Å². The number of nitrogens with zero attached hydrogens (tertiary/aromatic N) is 4. The van der Waals surface area contributed by atoms with Gasteiger partial charge in [0.1, 0.15) is 0 Å². The molecule has 2 aromatic rings. The molecule has 2 aliphatic heterocycles. The quantitative estimate of drug-likeness (QED) is 0.792. The van der Waals surface area contributed by atoms with Crippen molar-refractivity contribution in [2.24, 2.45) is 0 Å². The topological polar surface area (TPSA) is 30.0 Å². The predicted molar refractivity (Wildman–Crippen MR) is 115 cm³/mol. The number of carbonyl (C=O) groups excluding carboxylic acids is 1. The maximum Gasteiger partial charge on any atom is 0.236 e. The number of piperazine rings is 2. The van der Waals surface area contributed by atoms with Gasteiger partial charge in [0.05, 0.1) is 6.54 Å². The maximum absolute atomic E-state index is 12.7. The third-order valence-corrected chi connectivity index (χ3v) is 5.89. The van der Waals surface area contributed by atoms with E-state index in [2.05, 4.69) is 45.0 Å². The molecule has 0 aromatic heterocycles. The number of amides is 1. The fraction of sp³-hybridized carbons (Fsp3) is 0.409. The first-order valence-electron chi connectivity index (χ1n) is 10.00. The van der Waals surface area contributed by atoms with Crippen LogP contribution in [0, 0.1) is 0 Å². The number of anilines is 2. The van der Waals surface area contributed by atoms with Gasteiger partial charge in [-0.25, -0.2) is 0 Å². The Kier molecular flexibility index (Phi) is 6.03. The second kappa shape index (κ2) is 8.84. The van der Waals surface area contributed by atoms with Crippen LogP contribution < -0.4 is 9.80 Å². The molecule has 0 atom stereocenters. The molecule has 5 nitrogen and oxygen atoms in total. The summed E-state index contributed by atoms with van der Waals surface area (Å²) in [7, 11) is 0. The van der Waals surface area contributed by atoms with Crippen LogP contribution in [0.15, 0.2) is 54.6 Å². The molecule has 0 unspecified atom stereocenters. The van der Waals surface area contributed by atoms with E-state index in [1.165, 1.54) is 5.69 Å². The minimum atomic E-state index is 0.249. The van der Waals surface area contributed by atoms with Crippen LogP contribution in [0.3, 0.4) is 0 Å². The van der Waals surface area contributed by atoms with Crippen LogP contribution in [0.4, 0.5) is 11.4 Å². The molecule has 0 aliphatic carbocycles. The minimum absolute atomic E-state index is 0.249. The summed E-state index contributed by atoms with van der Waals surface area (Å²) in [5.41, 5.74) is 2.40. The van der Waals surface area contributed by atoms with Crippen molar-refractivity contribution in [1.29, 1.82) is 0 Å². The van der Waals surface area contributed by atoms with E-state index in [0.717, 1.165) is 63.1 Å². The first kappa shape index (κ1) is 19.1. The molecule has 0 N–H and O–H groups in total. The molecule has 6 heteroatoms. The van der Waals surface area contributed by atoms with Crippen LogP contribution >= 0.6 is 11.6 Å². The van der Waals surface area contributed by atoms with E-state index >= 15 is 0 Å². The molecule has 0 radical (unpaired) electrons. The Morgan fingerprint density at radius 2 is 1.36 bits per heavy atom. The highest BCUT2D eigenvalue weighted by atomic mass is 35.5. The van der Waals surface area contributed by atoms with E-state index in [-0.39, 0.29) is 5.91 Å². The van der Waals surface area contributed by atoms with Crippen molar-refractivity contribution in [2.75, 3.05) is 68.7 Å². The van der Waals surface area contributed by atoms with Crippen LogP contribution in [0.25, 0.3) is 0 Å². The average molecular weight is 399 g/mol. The van der Waals surface area contributed by atoms with Crippen LogP contribution in [-0.2, 0) is 4.79 Å². The Labute approximate surface area is 172 Å². The Bertz CT molecular complexity index is 784. The van der Waals surface area contributed by atoms with Gasteiger partial charge in [0.2, 0.25) is 5.91 Å². The second-order valence-electron chi connectivity index (χ2n) is 7.45. The summed E-state index contributed by atoms with van der Waals surface area (Å²) in [6, 6.07) is 18.4. The summed E-state index contributed by atoms with van der Waals surface area (Å²) in [5.74, 6) is 0.249. The Balaban J connectivity index is 1.23. The van der Waals surface area contributed by atoms with Crippen LogP contribution in [0.1, 0.15) is 0 Å². The van der Waals surface area contributed by atoms with E-state index in [4.69, 9.17) is 11.6 Å². The lowest BCUT2D eigenvalue weighted by Gasteiger charge is -2.39. The summed E-state index contributed by atoms with van der Waals surface area (Å²) in [5, 5.41) is 0.755. The molecule has 2 aliphatic rings. The molecular formula is C22H27ClN4O. The lowest BCUT2D eigenvalue weighted by Crippen LogP contribution is -2.54. The third kappa shape index (κ3) is 4.59. The summed E-state index contributed by atoms with van der Waals surface area (Å²) in [4.78, 5) is 21.7. The van der Waals surface area contributed by atoms with Gasteiger partial charge in [0.15, 0.2) is 0 Å². The fourth-order valence-corrected chi connectivity index (χ4v) is 4.17. The average Bonchev–Trinajstić information content (AvgIpc) is 2.75. The summed E-state index contributed by atoms with van der Waals surface area (Å²) in [6.45, 7) is 7.60. The number of rotatable bonds is 4. The molecule has 4 rings (SSSR count). The first-order chi connectivity index (χ1) is 13.7. The normalized spacial score (nSPS) is 18.4. The molecular weight excluding hydrogens is 372 g/mol. The fourth-order valence-electron chi connectivity index (χ4n) is 3.98. The monoisotopic (exact) mass is 398 g/mol. The Hall–Kier alpha value is -2.24. The predicted octanol–water partition coefficient (Wildman–Crippen LogP) is 2.81. The number of hydrogen-bond acceptors (Lipinski definition) is 4. The first-order valence-corrected chi connectivity index (χ1v) is 10.4. The molecule has 28 heavy (non-hydrogen) atoms. The van der Waals surface area contributed by atoms with Crippen LogP contribution in [0.5, 0.6) is 0 Å². The minimum Gasteiger partial charge on any atom is -0.369 e. The SMILES string of the molecule is O=C(CN1CCN(c2ccccc2)CC1)N1CCN(c2cccc(Cl)c2)CC1. The van der Waals surface area contributed by atoms with Crippen molar-refractivity contribution in [3.63, 3.8) is 0 Å². The highest BCUT2D eigenvalue weighted by molar-refractivity contribution is 6.30. The van der Waals surface area contributed by atoms with Gasteiger partial charge in [0.25, 0.3) is 0 Å². The smallest absolute Gasteiger partial charge is 0.236 e. The highest BCUT2D eigenvalue weighted by Gasteiger charge is 2.25. The van der Waals surface area contributed by atoms with E-state index in [1.54, 1.807) is 0 Å². The second-order valence-corrected chi connectivity index (χ2v) is 7.88. The number of halogens is 1. The van der Waals surface area contributed by atoms with Gasteiger partial charge in [0, 0.05) is 68.8 Å². The summed E-state index contributed by atoms with van der Waals surface area (Å²) in [6.07, 6.45) is 0. The Morgan fingerprint density at radius 1 is 0.750 bits per heavy atom. The van der Waals surface area contributed by atoms with Crippen molar-refractivity contribution < 1.29 is 4.79 Å². The van der Waals surface area contributed by atoms with Crippen molar-refractivity contribution in [3.05, 3.63) is 59.6 Å². The van der Waals surface area contributed by atoms with E-state index in [1.807, 2.05) is 29.2 Å².